The maximum atomic E-state index is 5.91. The monoisotopic (exact) mass is 364 g/mol. The zero-order valence-corrected chi connectivity index (χ0v) is 14.0. The second kappa shape index (κ2) is 6.62. The van der Waals surface area contributed by atoms with Gasteiger partial charge in [-0.3, -0.25) is 0 Å². The molecule has 1 aliphatic rings. The van der Waals surface area contributed by atoms with Gasteiger partial charge in [0.1, 0.15) is 12.4 Å². The van der Waals surface area contributed by atoms with E-state index in [0.717, 1.165) is 34.8 Å². The van der Waals surface area contributed by atoms with Crippen molar-refractivity contribution in [2.75, 3.05) is 36.1 Å². The molecule has 3 rings (SSSR count). The number of benzene rings is 2. The third kappa shape index (κ3) is 3.66. The summed E-state index contributed by atoms with van der Waals surface area (Å²) in [7, 11) is 0. The van der Waals surface area contributed by atoms with Gasteiger partial charge in [0.2, 0.25) is 0 Å². The molecule has 0 saturated heterocycles. The first-order chi connectivity index (χ1) is 10.2. The van der Waals surface area contributed by atoms with Gasteiger partial charge in [0.15, 0.2) is 0 Å². The zero-order valence-electron chi connectivity index (χ0n) is 11.6. The van der Waals surface area contributed by atoms with Gasteiger partial charge < -0.3 is 15.4 Å². The first-order valence-electron chi connectivity index (χ1n) is 6.88. The summed E-state index contributed by atoms with van der Waals surface area (Å²) < 4.78 is 6.87. The number of nitrogen functional groups attached to an aromatic ring is 1. The molecule has 1 heterocycles. The van der Waals surface area contributed by atoms with E-state index in [0.29, 0.717) is 6.61 Å². The number of nitrogens with zero attached hydrogens (tertiary/aromatic N) is 1. The average molecular weight is 365 g/mol. The van der Waals surface area contributed by atoms with Gasteiger partial charge in [-0.2, -0.15) is 0 Å². The predicted octanol–water partition coefficient (Wildman–Crippen LogP) is 4.02. The molecule has 0 aromatic heterocycles. The third-order valence-corrected chi connectivity index (χ3v) is 4.96. The minimum Gasteiger partial charge on any atom is -0.492 e. The Morgan fingerprint density at radius 2 is 2.00 bits per heavy atom. The fraction of sp³-hybridized carbons (Fsp3) is 0.250. The molecule has 2 aromatic carbocycles. The molecule has 1 aliphatic heterocycles. The van der Waals surface area contributed by atoms with E-state index in [4.69, 9.17) is 10.5 Å². The van der Waals surface area contributed by atoms with Crippen LogP contribution >= 0.6 is 27.7 Å². The summed E-state index contributed by atoms with van der Waals surface area (Å²) in [4.78, 5) is 3.65. The van der Waals surface area contributed by atoms with Crippen LogP contribution < -0.4 is 15.4 Å². The van der Waals surface area contributed by atoms with Crippen molar-refractivity contribution in [2.45, 2.75) is 4.90 Å². The first kappa shape index (κ1) is 14.6. The summed E-state index contributed by atoms with van der Waals surface area (Å²) >= 11 is 5.31. The fourth-order valence-corrected chi connectivity index (χ4v) is 3.62. The molecule has 0 aliphatic carbocycles. The molecule has 2 N–H and O–H groups in total. The second-order valence-corrected chi connectivity index (χ2v) is 6.92. The van der Waals surface area contributed by atoms with E-state index in [-0.39, 0.29) is 0 Å². The highest BCUT2D eigenvalue weighted by atomic mass is 79.9. The second-order valence-electron chi connectivity index (χ2n) is 4.87. The molecule has 5 heteroatoms. The number of thioether (sulfide) groups is 1. The maximum absolute atomic E-state index is 5.91. The molecule has 0 radical (unpaired) electrons. The molecule has 21 heavy (non-hydrogen) atoms. The molecule has 2 aromatic rings. The van der Waals surface area contributed by atoms with Crippen LogP contribution in [0.4, 0.5) is 11.4 Å². The number of fused-ring (bicyclic) bond motifs is 1. The molecular formula is C16H17BrN2OS. The number of nitrogens with two attached hydrogens (primary N) is 1. The molecule has 0 fully saturated rings. The molecule has 0 unspecified atom stereocenters. The maximum Gasteiger partial charge on any atom is 0.119 e. The summed E-state index contributed by atoms with van der Waals surface area (Å²) in [6.45, 7) is 2.57. The van der Waals surface area contributed by atoms with Crippen LogP contribution in [-0.4, -0.2) is 25.4 Å². The van der Waals surface area contributed by atoms with Crippen molar-refractivity contribution >= 4 is 39.1 Å². The van der Waals surface area contributed by atoms with Crippen molar-refractivity contribution in [3.05, 3.63) is 46.9 Å². The van der Waals surface area contributed by atoms with E-state index < -0.39 is 0 Å². The number of hydrogen-bond donors (Lipinski definition) is 1. The molecular weight excluding hydrogens is 348 g/mol. The van der Waals surface area contributed by atoms with Crippen LogP contribution in [0.3, 0.4) is 0 Å². The zero-order chi connectivity index (χ0) is 14.7. The van der Waals surface area contributed by atoms with E-state index in [1.165, 1.54) is 10.6 Å². The van der Waals surface area contributed by atoms with Gasteiger partial charge in [-0.25, -0.2) is 0 Å². The Hall–Kier alpha value is -1.33. The van der Waals surface area contributed by atoms with E-state index in [9.17, 15) is 0 Å². The van der Waals surface area contributed by atoms with E-state index in [2.05, 4.69) is 33.0 Å². The lowest BCUT2D eigenvalue weighted by Gasteiger charge is -2.31. The Bertz CT molecular complexity index is 618. The van der Waals surface area contributed by atoms with Crippen molar-refractivity contribution in [3.8, 4) is 5.75 Å². The Labute approximate surface area is 137 Å². The summed E-state index contributed by atoms with van der Waals surface area (Å²) in [5.41, 5.74) is 7.95. The smallest absolute Gasteiger partial charge is 0.119 e. The van der Waals surface area contributed by atoms with Crippen LogP contribution in [0.1, 0.15) is 0 Å². The molecule has 3 nitrogen and oxygen atoms in total. The van der Waals surface area contributed by atoms with Crippen LogP contribution in [-0.2, 0) is 0 Å². The van der Waals surface area contributed by atoms with E-state index in [1.807, 2.05) is 42.1 Å². The number of rotatable bonds is 4. The lowest BCUT2D eigenvalue weighted by molar-refractivity contribution is 0.324. The fourth-order valence-electron chi connectivity index (χ4n) is 2.33. The van der Waals surface area contributed by atoms with E-state index >= 15 is 0 Å². The van der Waals surface area contributed by atoms with Crippen LogP contribution in [0, 0.1) is 0 Å². The highest BCUT2D eigenvalue weighted by Gasteiger charge is 2.17. The van der Waals surface area contributed by atoms with Crippen molar-refractivity contribution < 1.29 is 4.74 Å². The van der Waals surface area contributed by atoms with Gasteiger partial charge in [-0.15, -0.1) is 11.8 Å². The van der Waals surface area contributed by atoms with Gasteiger partial charge in [-0.1, -0.05) is 15.9 Å². The Morgan fingerprint density at radius 1 is 1.19 bits per heavy atom. The van der Waals surface area contributed by atoms with Crippen LogP contribution in [0.5, 0.6) is 5.75 Å². The van der Waals surface area contributed by atoms with Crippen molar-refractivity contribution in [2.24, 2.45) is 0 Å². The largest absolute Gasteiger partial charge is 0.492 e. The molecule has 110 valence electrons. The number of ether oxygens (including phenoxy) is 1. The SMILES string of the molecule is Nc1ccc2c(c1)N(CCOc1ccc(Br)cc1)CCS2. The van der Waals surface area contributed by atoms with Crippen LogP contribution in [0.15, 0.2) is 51.8 Å². The van der Waals surface area contributed by atoms with E-state index in [1.54, 1.807) is 0 Å². The lowest BCUT2D eigenvalue weighted by Crippen LogP contribution is -2.33. The highest BCUT2D eigenvalue weighted by Crippen LogP contribution is 2.35. The Kier molecular flexibility index (Phi) is 4.60. The normalized spacial score (nSPS) is 13.9. The van der Waals surface area contributed by atoms with Crippen LogP contribution in [0.2, 0.25) is 0 Å². The van der Waals surface area contributed by atoms with Gasteiger partial charge in [-0.05, 0) is 42.5 Å². The average Bonchev–Trinajstić information content (AvgIpc) is 2.50. The van der Waals surface area contributed by atoms with Gasteiger partial charge >= 0.3 is 0 Å². The topological polar surface area (TPSA) is 38.5 Å². The lowest BCUT2D eigenvalue weighted by atomic mass is 10.2. The Balaban J connectivity index is 1.61. The predicted molar refractivity (Wildman–Crippen MR) is 93.4 cm³/mol. The number of anilines is 2. The van der Waals surface area contributed by atoms with Gasteiger partial charge in [0.05, 0.1) is 12.2 Å². The van der Waals surface area contributed by atoms with Gasteiger partial charge in [0.25, 0.3) is 0 Å². The van der Waals surface area contributed by atoms with Gasteiger partial charge in [0, 0.05) is 27.4 Å². The van der Waals surface area contributed by atoms with Crippen molar-refractivity contribution in [1.29, 1.82) is 0 Å². The summed E-state index contributed by atoms with van der Waals surface area (Å²) in [5.74, 6) is 2.01. The molecule has 0 amide bonds. The van der Waals surface area contributed by atoms with Crippen molar-refractivity contribution in [1.82, 2.24) is 0 Å². The number of hydrogen-bond acceptors (Lipinski definition) is 4. The van der Waals surface area contributed by atoms with Crippen LogP contribution in [0.25, 0.3) is 0 Å². The quantitative estimate of drug-likeness (QED) is 0.831. The molecule has 0 saturated carbocycles. The summed E-state index contributed by atoms with van der Waals surface area (Å²) in [6, 6.07) is 14.1. The summed E-state index contributed by atoms with van der Waals surface area (Å²) in [6.07, 6.45) is 0. The first-order valence-corrected chi connectivity index (χ1v) is 8.66. The minimum absolute atomic E-state index is 0.667. The van der Waals surface area contributed by atoms with Crippen molar-refractivity contribution in [3.63, 3.8) is 0 Å². The third-order valence-electron chi connectivity index (χ3n) is 3.39. The molecule has 0 spiro atoms. The summed E-state index contributed by atoms with van der Waals surface area (Å²) in [5, 5.41) is 0. The molecule has 0 atom stereocenters. The number of halogens is 1. The standard InChI is InChI=1S/C16H17BrN2OS/c17-12-1-4-14(5-2-12)20-9-7-19-8-10-21-16-6-3-13(18)11-15(16)19/h1-6,11H,7-10,18H2. The highest BCUT2D eigenvalue weighted by molar-refractivity contribution is 9.10. The Morgan fingerprint density at radius 3 is 2.81 bits per heavy atom. The molecule has 0 bridgehead atoms. The minimum atomic E-state index is 0.667.